The van der Waals surface area contributed by atoms with Gasteiger partial charge in [-0.25, -0.2) is 9.59 Å². The van der Waals surface area contributed by atoms with E-state index in [0.29, 0.717) is 13.0 Å². The first-order chi connectivity index (χ1) is 12.8. The molecule has 0 aromatic rings. The number of nitrogens with one attached hydrogen (secondary N) is 2. The third-order valence-electron chi connectivity index (χ3n) is 4.33. The molecule has 1 aliphatic heterocycles. The van der Waals surface area contributed by atoms with E-state index in [1.165, 1.54) is 18.9 Å². The number of ether oxygens (including phenoxy) is 2. The van der Waals surface area contributed by atoms with Crippen molar-refractivity contribution in [2.45, 2.75) is 84.0 Å². The van der Waals surface area contributed by atoms with Gasteiger partial charge in [0.05, 0.1) is 7.11 Å². The van der Waals surface area contributed by atoms with Crippen molar-refractivity contribution >= 4 is 23.9 Å². The molecule has 0 aromatic carbocycles. The predicted octanol–water partition coefficient (Wildman–Crippen LogP) is 1.35. The number of hydrogen-bond acceptors (Lipinski definition) is 6. The van der Waals surface area contributed by atoms with Crippen LogP contribution in [0.4, 0.5) is 4.79 Å². The Morgan fingerprint density at radius 2 is 1.68 bits per heavy atom. The van der Waals surface area contributed by atoms with Gasteiger partial charge in [0.25, 0.3) is 0 Å². The number of carbonyl (C=O) groups is 4. The van der Waals surface area contributed by atoms with Gasteiger partial charge in [0.1, 0.15) is 23.2 Å². The molecule has 0 saturated carbocycles. The van der Waals surface area contributed by atoms with Crippen LogP contribution < -0.4 is 10.6 Å². The Labute approximate surface area is 166 Å². The first-order valence-corrected chi connectivity index (χ1v) is 9.49. The molecule has 0 aromatic heterocycles. The third-order valence-corrected chi connectivity index (χ3v) is 4.33. The summed E-state index contributed by atoms with van der Waals surface area (Å²) in [4.78, 5) is 50.8. The normalized spacial score (nSPS) is 18.7. The molecule has 0 unspecified atom stereocenters. The molecule has 9 nitrogen and oxygen atoms in total. The molecule has 0 spiro atoms. The van der Waals surface area contributed by atoms with Crippen molar-refractivity contribution in [2.24, 2.45) is 0 Å². The van der Waals surface area contributed by atoms with Crippen LogP contribution in [0.1, 0.15) is 60.8 Å². The molecule has 3 amide bonds. The molecule has 2 N–H and O–H groups in total. The molecule has 1 rings (SSSR count). The van der Waals surface area contributed by atoms with E-state index < -0.39 is 41.2 Å². The molecular formula is C19H33N3O6. The Balaban J connectivity index is 2.77. The second-order valence-corrected chi connectivity index (χ2v) is 8.52. The van der Waals surface area contributed by atoms with Crippen LogP contribution in [0.25, 0.3) is 0 Å². The van der Waals surface area contributed by atoms with Gasteiger partial charge >= 0.3 is 12.1 Å². The quantitative estimate of drug-likeness (QED) is 0.675. The molecule has 0 radical (unpaired) electrons. The molecule has 1 aliphatic rings. The third kappa shape index (κ3) is 6.69. The van der Waals surface area contributed by atoms with Crippen LogP contribution in [0.3, 0.4) is 0 Å². The van der Waals surface area contributed by atoms with Crippen LogP contribution in [0, 0.1) is 0 Å². The number of rotatable bonds is 5. The summed E-state index contributed by atoms with van der Waals surface area (Å²) >= 11 is 0. The van der Waals surface area contributed by atoms with Crippen molar-refractivity contribution in [1.82, 2.24) is 15.5 Å². The van der Waals surface area contributed by atoms with Gasteiger partial charge in [-0.15, -0.1) is 0 Å². The van der Waals surface area contributed by atoms with Crippen molar-refractivity contribution in [3.05, 3.63) is 0 Å². The molecule has 9 heteroatoms. The molecule has 28 heavy (non-hydrogen) atoms. The highest BCUT2D eigenvalue weighted by Gasteiger charge is 2.41. The van der Waals surface area contributed by atoms with Gasteiger partial charge in [-0.3, -0.25) is 9.59 Å². The number of methoxy groups -OCH3 is 1. The van der Waals surface area contributed by atoms with Crippen LogP contribution in [-0.2, 0) is 23.9 Å². The molecule has 160 valence electrons. The summed E-state index contributed by atoms with van der Waals surface area (Å²) in [6.07, 6.45) is 1.41. The fraction of sp³-hybridized carbons (Fsp3) is 0.789. The molecular weight excluding hydrogens is 366 g/mol. The minimum Gasteiger partial charge on any atom is -0.467 e. The second-order valence-electron chi connectivity index (χ2n) is 8.52. The number of alkyl carbamates (subject to hydrolysis) is 1. The van der Waals surface area contributed by atoms with Crippen molar-refractivity contribution in [3.8, 4) is 0 Å². The van der Waals surface area contributed by atoms with Gasteiger partial charge in [0, 0.05) is 6.54 Å². The summed E-state index contributed by atoms with van der Waals surface area (Å²) in [7, 11) is 1.29. The SMILES string of the molecule is COC(=O)[C@@H]1CCCCN1C(=O)C(C)(C)NC(=O)[C@H](C)NC(=O)OC(C)(C)C. The van der Waals surface area contributed by atoms with Crippen LogP contribution in [0.15, 0.2) is 0 Å². The molecule has 1 heterocycles. The van der Waals surface area contributed by atoms with E-state index in [0.717, 1.165) is 12.8 Å². The Kier molecular flexibility index (Phi) is 7.84. The fourth-order valence-electron chi connectivity index (χ4n) is 2.93. The Hall–Kier alpha value is -2.32. The van der Waals surface area contributed by atoms with Crippen molar-refractivity contribution in [1.29, 1.82) is 0 Å². The number of piperidine rings is 1. The van der Waals surface area contributed by atoms with Crippen LogP contribution in [-0.4, -0.2) is 65.7 Å². The van der Waals surface area contributed by atoms with Gasteiger partial charge in [-0.1, -0.05) is 0 Å². The molecule has 0 aliphatic carbocycles. The minimum absolute atomic E-state index is 0.375. The van der Waals surface area contributed by atoms with E-state index in [9.17, 15) is 19.2 Å². The zero-order chi connectivity index (χ0) is 21.7. The predicted molar refractivity (Wildman–Crippen MR) is 102 cm³/mol. The zero-order valence-corrected chi connectivity index (χ0v) is 17.9. The standard InChI is InChI=1S/C19H33N3O6/c1-12(20-17(26)28-18(2,3)4)14(23)21-19(5,6)16(25)22-11-9-8-10-13(22)15(24)27-7/h12-13H,8-11H2,1-7H3,(H,20,26)(H,21,23)/t12-,13-/m0/s1. The van der Waals surface area contributed by atoms with Gasteiger partial charge < -0.3 is 25.0 Å². The van der Waals surface area contributed by atoms with E-state index in [1.54, 1.807) is 34.6 Å². The van der Waals surface area contributed by atoms with Crippen LogP contribution in [0.2, 0.25) is 0 Å². The summed E-state index contributed by atoms with van der Waals surface area (Å²) in [5.41, 5.74) is -1.95. The lowest BCUT2D eigenvalue weighted by atomic mass is 9.96. The second kappa shape index (κ2) is 9.25. The van der Waals surface area contributed by atoms with Gasteiger partial charge in [-0.2, -0.15) is 0 Å². The average molecular weight is 399 g/mol. The maximum Gasteiger partial charge on any atom is 0.408 e. The summed E-state index contributed by atoms with van der Waals surface area (Å²) in [5, 5.41) is 5.09. The Bertz CT molecular complexity index is 611. The summed E-state index contributed by atoms with van der Waals surface area (Å²) in [5.74, 6) is -1.37. The summed E-state index contributed by atoms with van der Waals surface area (Å²) in [6, 6.07) is -1.56. The van der Waals surface area contributed by atoms with Crippen LogP contribution in [0.5, 0.6) is 0 Å². The van der Waals surface area contributed by atoms with E-state index in [-0.39, 0.29) is 5.91 Å². The maximum atomic E-state index is 13.0. The van der Waals surface area contributed by atoms with Gasteiger partial charge in [-0.05, 0) is 60.8 Å². The highest BCUT2D eigenvalue weighted by molar-refractivity contribution is 5.95. The maximum absolute atomic E-state index is 13.0. The zero-order valence-electron chi connectivity index (χ0n) is 17.9. The Morgan fingerprint density at radius 1 is 1.07 bits per heavy atom. The van der Waals surface area contributed by atoms with Crippen molar-refractivity contribution in [2.75, 3.05) is 13.7 Å². The lowest BCUT2D eigenvalue weighted by molar-refractivity contribution is -0.157. The monoisotopic (exact) mass is 399 g/mol. The summed E-state index contributed by atoms with van der Waals surface area (Å²) < 4.78 is 9.93. The Morgan fingerprint density at radius 3 is 2.21 bits per heavy atom. The van der Waals surface area contributed by atoms with Crippen LogP contribution >= 0.6 is 0 Å². The van der Waals surface area contributed by atoms with E-state index in [4.69, 9.17) is 9.47 Å². The van der Waals surface area contributed by atoms with Gasteiger partial charge in [0.15, 0.2) is 0 Å². The molecule has 2 atom stereocenters. The summed E-state index contributed by atoms with van der Waals surface area (Å²) in [6.45, 7) is 10.2. The van der Waals surface area contributed by atoms with E-state index in [1.807, 2.05) is 0 Å². The molecule has 1 fully saturated rings. The number of hydrogen-bond donors (Lipinski definition) is 2. The highest BCUT2D eigenvalue weighted by atomic mass is 16.6. The fourth-order valence-corrected chi connectivity index (χ4v) is 2.93. The lowest BCUT2D eigenvalue weighted by Gasteiger charge is -2.39. The number of nitrogens with zero attached hydrogens (tertiary/aromatic N) is 1. The smallest absolute Gasteiger partial charge is 0.408 e. The lowest BCUT2D eigenvalue weighted by Crippen LogP contribution is -2.62. The highest BCUT2D eigenvalue weighted by Crippen LogP contribution is 2.22. The van der Waals surface area contributed by atoms with Gasteiger partial charge in [0.2, 0.25) is 11.8 Å². The first kappa shape index (κ1) is 23.7. The number of esters is 1. The van der Waals surface area contributed by atoms with E-state index in [2.05, 4.69) is 10.6 Å². The molecule has 1 saturated heterocycles. The van der Waals surface area contributed by atoms with Crippen molar-refractivity contribution in [3.63, 3.8) is 0 Å². The topological polar surface area (TPSA) is 114 Å². The van der Waals surface area contributed by atoms with E-state index >= 15 is 0 Å². The number of carbonyl (C=O) groups excluding carboxylic acids is 4. The molecule has 0 bridgehead atoms. The number of amides is 3. The number of likely N-dealkylation sites (tertiary alicyclic amines) is 1. The van der Waals surface area contributed by atoms with Crippen molar-refractivity contribution < 1.29 is 28.7 Å². The minimum atomic E-state index is -1.26. The average Bonchev–Trinajstić information content (AvgIpc) is 2.58. The first-order valence-electron chi connectivity index (χ1n) is 9.49. The largest absolute Gasteiger partial charge is 0.467 e.